The Kier molecular flexibility index (Phi) is 5.88. The molecule has 1 aliphatic rings. The SMILES string of the molecule is Cc1cc(C2CCC(C)(C)CC2)ccc1-c1c(C#N)ccc2c1oc1c(-c3cccc[n+]3C)c(C)ccc12. The van der Waals surface area contributed by atoms with Gasteiger partial charge in [-0.25, -0.2) is 4.57 Å². The van der Waals surface area contributed by atoms with Crippen LogP contribution in [-0.4, -0.2) is 0 Å². The summed E-state index contributed by atoms with van der Waals surface area (Å²) in [5.74, 6) is 0.616. The van der Waals surface area contributed by atoms with Gasteiger partial charge in [-0.15, -0.1) is 0 Å². The van der Waals surface area contributed by atoms with E-state index in [9.17, 15) is 5.26 Å². The number of nitriles is 1. The molecular weight excluding hydrogens is 464 g/mol. The van der Waals surface area contributed by atoms with E-state index in [-0.39, 0.29) is 0 Å². The van der Waals surface area contributed by atoms with Crippen molar-refractivity contribution in [3.63, 3.8) is 0 Å². The third-order valence-corrected chi connectivity index (χ3v) is 8.78. The van der Waals surface area contributed by atoms with Gasteiger partial charge in [-0.2, -0.15) is 5.26 Å². The van der Waals surface area contributed by atoms with Gasteiger partial charge in [-0.05, 0) is 91.3 Å². The predicted octanol–water partition coefficient (Wildman–Crippen LogP) is 8.92. The van der Waals surface area contributed by atoms with E-state index in [1.54, 1.807) is 0 Å². The molecule has 2 aromatic heterocycles. The topological polar surface area (TPSA) is 40.8 Å². The molecule has 0 radical (unpaired) electrons. The minimum absolute atomic E-state index is 0.456. The van der Waals surface area contributed by atoms with Crippen LogP contribution >= 0.6 is 0 Å². The summed E-state index contributed by atoms with van der Waals surface area (Å²) in [5, 5.41) is 12.3. The molecule has 190 valence electrons. The average molecular weight is 500 g/mol. The normalized spacial score (nSPS) is 15.7. The van der Waals surface area contributed by atoms with Gasteiger partial charge in [-0.3, -0.25) is 0 Å². The van der Waals surface area contributed by atoms with Gasteiger partial charge >= 0.3 is 0 Å². The quantitative estimate of drug-likeness (QED) is 0.233. The summed E-state index contributed by atoms with van der Waals surface area (Å²) in [4.78, 5) is 0. The number of hydrogen-bond donors (Lipinski definition) is 0. The van der Waals surface area contributed by atoms with Crippen LogP contribution in [0, 0.1) is 30.6 Å². The van der Waals surface area contributed by atoms with Crippen molar-refractivity contribution >= 4 is 21.9 Å². The molecule has 0 aliphatic heterocycles. The molecule has 1 fully saturated rings. The molecule has 0 atom stereocenters. The Bertz CT molecular complexity index is 1740. The molecule has 0 saturated heterocycles. The van der Waals surface area contributed by atoms with Crippen molar-refractivity contribution in [2.45, 2.75) is 59.3 Å². The number of hydrogen-bond acceptors (Lipinski definition) is 2. The summed E-state index contributed by atoms with van der Waals surface area (Å²) in [6.45, 7) is 9.08. The highest BCUT2D eigenvalue weighted by molar-refractivity contribution is 6.14. The molecule has 38 heavy (non-hydrogen) atoms. The highest BCUT2D eigenvalue weighted by atomic mass is 16.3. The molecule has 0 N–H and O–H groups in total. The van der Waals surface area contributed by atoms with Gasteiger partial charge in [0.05, 0.1) is 17.2 Å². The fourth-order valence-corrected chi connectivity index (χ4v) is 6.42. The van der Waals surface area contributed by atoms with Crippen LogP contribution in [0.4, 0.5) is 0 Å². The van der Waals surface area contributed by atoms with E-state index in [0.29, 0.717) is 16.9 Å². The van der Waals surface area contributed by atoms with Crippen molar-refractivity contribution in [1.82, 2.24) is 0 Å². The molecular formula is C35H35N2O+. The van der Waals surface area contributed by atoms with Crippen molar-refractivity contribution in [3.05, 3.63) is 89.1 Å². The van der Waals surface area contributed by atoms with Crippen LogP contribution in [0.15, 0.2) is 71.3 Å². The van der Waals surface area contributed by atoms with E-state index in [0.717, 1.165) is 49.9 Å². The zero-order valence-corrected chi connectivity index (χ0v) is 23.1. The van der Waals surface area contributed by atoms with E-state index in [1.807, 2.05) is 18.2 Å². The van der Waals surface area contributed by atoms with Gasteiger partial charge < -0.3 is 4.42 Å². The lowest BCUT2D eigenvalue weighted by molar-refractivity contribution is -0.660. The van der Waals surface area contributed by atoms with E-state index in [2.05, 4.69) is 94.0 Å². The number of fused-ring (bicyclic) bond motifs is 3. The zero-order valence-electron chi connectivity index (χ0n) is 23.1. The second-order valence-corrected chi connectivity index (χ2v) is 11.9. The molecule has 0 spiro atoms. The minimum Gasteiger partial charge on any atom is -0.454 e. The number of aromatic nitrogens is 1. The Labute approximate surface area is 225 Å². The molecule has 1 aliphatic carbocycles. The first kappa shape index (κ1) is 24.4. The second-order valence-electron chi connectivity index (χ2n) is 11.9. The summed E-state index contributed by atoms with van der Waals surface area (Å²) in [6.07, 6.45) is 7.10. The van der Waals surface area contributed by atoms with Gasteiger partial charge in [0.25, 0.3) is 0 Å². The number of nitrogens with zero attached hydrogens (tertiary/aromatic N) is 2. The fourth-order valence-electron chi connectivity index (χ4n) is 6.42. The van der Waals surface area contributed by atoms with Crippen LogP contribution in [-0.2, 0) is 7.05 Å². The van der Waals surface area contributed by atoms with E-state index in [4.69, 9.17) is 4.42 Å². The lowest BCUT2D eigenvalue weighted by Gasteiger charge is -2.34. The lowest BCUT2D eigenvalue weighted by atomic mass is 9.71. The predicted molar refractivity (Wildman–Crippen MR) is 155 cm³/mol. The molecule has 3 heteroatoms. The van der Waals surface area contributed by atoms with Gasteiger partial charge in [0.1, 0.15) is 18.2 Å². The van der Waals surface area contributed by atoms with Crippen molar-refractivity contribution in [3.8, 4) is 28.5 Å². The van der Waals surface area contributed by atoms with Gasteiger partial charge in [0, 0.05) is 28.5 Å². The number of aryl methyl sites for hydroxylation is 3. The first-order valence-electron chi connectivity index (χ1n) is 13.7. The Morgan fingerprint density at radius 1 is 0.868 bits per heavy atom. The molecule has 0 bridgehead atoms. The Morgan fingerprint density at radius 3 is 2.26 bits per heavy atom. The monoisotopic (exact) mass is 499 g/mol. The average Bonchev–Trinajstić information content (AvgIpc) is 3.27. The van der Waals surface area contributed by atoms with Crippen LogP contribution in [0.2, 0.25) is 0 Å². The summed E-state index contributed by atoms with van der Waals surface area (Å²) in [6, 6.07) is 23.8. The first-order valence-corrected chi connectivity index (χ1v) is 13.7. The molecule has 0 unspecified atom stereocenters. The second kappa shape index (κ2) is 9.14. The highest BCUT2D eigenvalue weighted by Crippen LogP contribution is 2.45. The molecule has 2 heterocycles. The third kappa shape index (κ3) is 4.00. The summed E-state index contributed by atoms with van der Waals surface area (Å²) < 4.78 is 8.89. The van der Waals surface area contributed by atoms with Crippen LogP contribution in [0.1, 0.15) is 67.7 Å². The van der Waals surface area contributed by atoms with Crippen LogP contribution in [0.3, 0.4) is 0 Å². The Balaban J connectivity index is 1.54. The maximum Gasteiger partial charge on any atom is 0.216 e. The van der Waals surface area contributed by atoms with Crippen LogP contribution in [0.25, 0.3) is 44.3 Å². The fraction of sp³-hybridized carbons (Fsp3) is 0.314. The van der Waals surface area contributed by atoms with Gasteiger partial charge in [0.15, 0.2) is 6.20 Å². The highest BCUT2D eigenvalue weighted by Gasteiger charge is 2.28. The van der Waals surface area contributed by atoms with Crippen molar-refractivity contribution in [2.24, 2.45) is 12.5 Å². The van der Waals surface area contributed by atoms with Crippen LogP contribution in [0.5, 0.6) is 0 Å². The largest absolute Gasteiger partial charge is 0.454 e. The molecule has 3 nitrogen and oxygen atoms in total. The molecule has 0 amide bonds. The summed E-state index contributed by atoms with van der Waals surface area (Å²) in [7, 11) is 2.06. The van der Waals surface area contributed by atoms with Crippen molar-refractivity contribution in [1.29, 1.82) is 5.26 Å². The minimum atomic E-state index is 0.456. The van der Waals surface area contributed by atoms with Gasteiger partial charge in [0.2, 0.25) is 5.69 Å². The number of benzene rings is 3. The third-order valence-electron chi connectivity index (χ3n) is 8.78. The maximum absolute atomic E-state index is 10.1. The first-order chi connectivity index (χ1) is 18.3. The van der Waals surface area contributed by atoms with Crippen LogP contribution < -0.4 is 4.57 Å². The summed E-state index contributed by atoms with van der Waals surface area (Å²) >= 11 is 0. The van der Waals surface area contributed by atoms with Crippen molar-refractivity contribution in [2.75, 3.05) is 0 Å². The summed E-state index contributed by atoms with van der Waals surface area (Å²) in [5.41, 5.74) is 10.7. The number of pyridine rings is 1. The van der Waals surface area contributed by atoms with Crippen molar-refractivity contribution < 1.29 is 8.98 Å². The molecule has 6 rings (SSSR count). The zero-order chi connectivity index (χ0) is 26.6. The molecule has 5 aromatic rings. The smallest absolute Gasteiger partial charge is 0.216 e. The standard InChI is InChI=1S/C35H35N2O/c1-22-9-12-28-29-14-11-26(21-36)32(34(29)38-33(28)31(22)30-8-6-7-19-37(30)5)27-13-10-25(20-23(27)2)24-15-17-35(3,4)18-16-24/h6-14,19-20,24H,15-18H2,1-5H3/q+1. The number of furan rings is 1. The van der Waals surface area contributed by atoms with E-state index < -0.39 is 0 Å². The Hall–Kier alpha value is -3.90. The van der Waals surface area contributed by atoms with E-state index >= 15 is 0 Å². The van der Waals surface area contributed by atoms with E-state index in [1.165, 1.54) is 36.8 Å². The number of rotatable bonds is 3. The molecule has 1 saturated carbocycles. The van der Waals surface area contributed by atoms with Gasteiger partial charge in [-0.1, -0.05) is 44.2 Å². The molecule has 3 aromatic carbocycles. The maximum atomic E-state index is 10.1. The lowest BCUT2D eigenvalue weighted by Crippen LogP contribution is -2.30. The Morgan fingerprint density at radius 2 is 1.58 bits per heavy atom.